The van der Waals surface area contributed by atoms with E-state index < -0.39 is 9.52 Å². The molecule has 0 aliphatic carbocycles. The van der Waals surface area contributed by atoms with E-state index >= 15 is 0 Å². The minimum atomic E-state index is -2.52. The minimum Gasteiger partial charge on any atom is -0.371 e. The second-order valence-electron chi connectivity index (χ2n) is 9.91. The Bertz CT molecular complexity index is 1210. The summed E-state index contributed by atoms with van der Waals surface area (Å²) in [5.74, 6) is 3.88. The third-order valence-corrected chi connectivity index (χ3v) is 10.1. The van der Waals surface area contributed by atoms with Gasteiger partial charge in [0, 0.05) is 85.0 Å². The van der Waals surface area contributed by atoms with Gasteiger partial charge in [-0.05, 0) is 65.0 Å². The largest absolute Gasteiger partial charge is 0.371 e. The van der Waals surface area contributed by atoms with Gasteiger partial charge in [-0.25, -0.2) is 4.39 Å². The average Bonchev–Trinajstić information content (AvgIpc) is 3.49. The van der Waals surface area contributed by atoms with Crippen LogP contribution in [0.3, 0.4) is 0 Å². The molecule has 0 spiro atoms. The molecule has 2 heterocycles. The first-order valence-electron chi connectivity index (χ1n) is 13.8. The van der Waals surface area contributed by atoms with Crippen LogP contribution in [0.15, 0.2) is 54.5 Å². The van der Waals surface area contributed by atoms with Crippen LogP contribution in [-0.2, 0) is 16.1 Å². The molecule has 2 N–H and O–H groups in total. The molecule has 0 aromatic heterocycles. The molecule has 2 atom stereocenters. The predicted molar refractivity (Wildman–Crippen MR) is 164 cm³/mol. The van der Waals surface area contributed by atoms with Gasteiger partial charge in [-0.2, -0.15) is 0 Å². The molecule has 0 bridgehead atoms. The standard InChI is InChI=1S/C29H39FN4OS.C2H6/c1-5-24-8-9-25(28(30)18-24)21-32-14-16-33(17-15-32)23(3)27-19-26(36(4,35)22(2)20-31)10-11-29(27)34-12-6-7-13-34;1-2/h5,8-11,18-19,22H,1,3-4,6-7,12-17,20-21,31H2,2H3;1-2H3. The number of nitrogens with zero attached hydrogens (tertiary/aromatic N) is 3. The quantitative estimate of drug-likeness (QED) is 0.437. The molecule has 2 aliphatic rings. The van der Waals surface area contributed by atoms with Crippen molar-refractivity contribution in [2.24, 2.45) is 5.73 Å². The molecule has 38 heavy (non-hydrogen) atoms. The van der Waals surface area contributed by atoms with E-state index in [-0.39, 0.29) is 11.1 Å². The number of halogens is 1. The van der Waals surface area contributed by atoms with Crippen molar-refractivity contribution in [3.8, 4) is 0 Å². The van der Waals surface area contributed by atoms with Crippen LogP contribution in [0, 0.1) is 5.82 Å². The zero-order valence-electron chi connectivity index (χ0n) is 23.4. The molecule has 0 saturated carbocycles. The van der Waals surface area contributed by atoms with Crippen LogP contribution in [0.25, 0.3) is 11.8 Å². The predicted octanol–water partition coefficient (Wildman–Crippen LogP) is 5.31. The summed E-state index contributed by atoms with van der Waals surface area (Å²) in [7, 11) is -2.52. The van der Waals surface area contributed by atoms with Crippen LogP contribution in [0.4, 0.5) is 10.1 Å². The third-order valence-electron chi connectivity index (χ3n) is 7.57. The maximum absolute atomic E-state index is 14.5. The first kappa shape index (κ1) is 29.9. The second-order valence-corrected chi connectivity index (χ2v) is 12.6. The van der Waals surface area contributed by atoms with Gasteiger partial charge < -0.3 is 15.5 Å². The summed E-state index contributed by atoms with van der Waals surface area (Å²) in [6.07, 6.45) is 4.01. The van der Waals surface area contributed by atoms with Crippen LogP contribution < -0.4 is 10.6 Å². The molecule has 2 fully saturated rings. The SMILES string of the molecule is C=Cc1ccc(CN2CCN(C(=C)c3cc(S(=C)(=O)C(C)CN)ccc3N3CCCC3)CC2)c(F)c1.CC. The smallest absolute Gasteiger partial charge is 0.128 e. The van der Waals surface area contributed by atoms with Crippen molar-refractivity contribution in [3.63, 3.8) is 0 Å². The van der Waals surface area contributed by atoms with Gasteiger partial charge >= 0.3 is 0 Å². The molecular formula is C31H45FN4OS. The summed E-state index contributed by atoms with van der Waals surface area (Å²) >= 11 is 0. The number of piperazine rings is 1. The van der Waals surface area contributed by atoms with E-state index in [9.17, 15) is 8.60 Å². The average molecular weight is 541 g/mol. The van der Waals surface area contributed by atoms with Gasteiger partial charge in [0.05, 0.1) is 0 Å². The van der Waals surface area contributed by atoms with Gasteiger partial charge in [0.25, 0.3) is 0 Å². The van der Waals surface area contributed by atoms with Crippen molar-refractivity contribution in [1.82, 2.24) is 9.80 Å². The highest BCUT2D eigenvalue weighted by Crippen LogP contribution is 2.34. The number of anilines is 1. The second kappa shape index (κ2) is 13.5. The van der Waals surface area contributed by atoms with Gasteiger partial charge in [0.15, 0.2) is 0 Å². The lowest BCUT2D eigenvalue weighted by Crippen LogP contribution is -2.45. The van der Waals surface area contributed by atoms with E-state index in [0.717, 1.165) is 66.7 Å². The number of hydrogen-bond donors (Lipinski definition) is 1. The highest BCUT2D eigenvalue weighted by atomic mass is 32.2. The summed E-state index contributed by atoms with van der Waals surface area (Å²) in [6, 6.07) is 11.4. The maximum atomic E-state index is 14.5. The van der Waals surface area contributed by atoms with E-state index in [4.69, 9.17) is 5.73 Å². The van der Waals surface area contributed by atoms with E-state index in [0.29, 0.717) is 18.7 Å². The summed E-state index contributed by atoms with van der Waals surface area (Å²) in [4.78, 5) is 7.70. The van der Waals surface area contributed by atoms with Crippen LogP contribution in [0.2, 0.25) is 0 Å². The van der Waals surface area contributed by atoms with Crippen LogP contribution in [-0.4, -0.2) is 70.9 Å². The van der Waals surface area contributed by atoms with Crippen molar-refractivity contribution in [3.05, 3.63) is 72.1 Å². The molecule has 2 aliphatic heterocycles. The zero-order chi connectivity index (χ0) is 27.9. The Kier molecular flexibility index (Phi) is 10.6. The Balaban J connectivity index is 0.00000195. The van der Waals surface area contributed by atoms with Crippen LogP contribution in [0.1, 0.15) is 50.3 Å². The van der Waals surface area contributed by atoms with Gasteiger partial charge in [-0.1, -0.05) is 45.2 Å². The first-order valence-corrected chi connectivity index (χ1v) is 15.6. The summed E-state index contributed by atoms with van der Waals surface area (Å²) < 4.78 is 28.0. The highest BCUT2D eigenvalue weighted by Gasteiger charge is 2.25. The first-order chi connectivity index (χ1) is 18.2. The fourth-order valence-corrected chi connectivity index (χ4v) is 6.38. The molecule has 208 valence electrons. The Labute approximate surface area is 229 Å². The number of nitrogens with two attached hydrogens (primary N) is 1. The van der Waals surface area contributed by atoms with Gasteiger partial charge in [-0.15, -0.1) is 0 Å². The normalized spacial score (nSPS) is 18.3. The minimum absolute atomic E-state index is 0.185. The highest BCUT2D eigenvalue weighted by molar-refractivity contribution is 8.00. The fourth-order valence-electron chi connectivity index (χ4n) is 4.99. The van der Waals surface area contributed by atoms with Gasteiger partial charge in [0.1, 0.15) is 5.82 Å². The summed E-state index contributed by atoms with van der Waals surface area (Å²) in [5.41, 5.74) is 10.4. The molecule has 5 nitrogen and oxygen atoms in total. The van der Waals surface area contributed by atoms with E-state index in [1.807, 2.05) is 45.0 Å². The number of hydrogen-bond acceptors (Lipinski definition) is 5. The topological polar surface area (TPSA) is 52.8 Å². The van der Waals surface area contributed by atoms with Crippen molar-refractivity contribution in [1.29, 1.82) is 0 Å². The molecule has 2 unspecified atom stereocenters. The van der Waals surface area contributed by atoms with E-state index in [1.165, 1.54) is 12.8 Å². The third kappa shape index (κ3) is 6.68. The van der Waals surface area contributed by atoms with Crippen molar-refractivity contribution in [2.45, 2.75) is 50.3 Å². The molecule has 0 radical (unpaired) electrons. The number of benzene rings is 2. The molecule has 2 aromatic carbocycles. The van der Waals surface area contributed by atoms with Crippen molar-refractivity contribution >= 4 is 32.9 Å². The monoisotopic (exact) mass is 540 g/mol. The molecular weight excluding hydrogens is 495 g/mol. The Morgan fingerprint density at radius 2 is 1.74 bits per heavy atom. The maximum Gasteiger partial charge on any atom is 0.128 e. The van der Waals surface area contributed by atoms with E-state index in [1.54, 1.807) is 12.1 Å². The van der Waals surface area contributed by atoms with Crippen LogP contribution >= 0.6 is 0 Å². The summed E-state index contributed by atoms with van der Waals surface area (Å²) in [6.45, 7) is 20.3. The van der Waals surface area contributed by atoms with Crippen LogP contribution in [0.5, 0.6) is 0 Å². The van der Waals surface area contributed by atoms with Crippen molar-refractivity contribution in [2.75, 3.05) is 50.7 Å². The zero-order valence-corrected chi connectivity index (χ0v) is 24.2. The Morgan fingerprint density at radius 3 is 2.32 bits per heavy atom. The molecule has 2 aromatic rings. The molecule has 4 rings (SSSR count). The fraction of sp³-hybridized carbons (Fsp3) is 0.452. The Morgan fingerprint density at radius 1 is 1.08 bits per heavy atom. The van der Waals surface area contributed by atoms with Gasteiger partial charge in [0.2, 0.25) is 0 Å². The number of rotatable bonds is 9. The van der Waals surface area contributed by atoms with E-state index in [2.05, 4.69) is 39.8 Å². The lowest BCUT2D eigenvalue weighted by Gasteiger charge is -2.38. The van der Waals surface area contributed by atoms with Gasteiger partial charge in [-0.3, -0.25) is 9.11 Å². The molecule has 2 saturated heterocycles. The Hall–Kier alpha value is -2.61. The lowest BCUT2D eigenvalue weighted by atomic mass is 10.1. The lowest BCUT2D eigenvalue weighted by molar-refractivity contribution is 0.168. The summed E-state index contributed by atoms with van der Waals surface area (Å²) in [5, 5.41) is -0.208. The van der Waals surface area contributed by atoms with Crippen molar-refractivity contribution < 1.29 is 8.60 Å². The molecule has 0 amide bonds. The molecule has 7 heteroatoms.